The Morgan fingerprint density at radius 2 is 0.117 bits per heavy atom. The molecule has 0 atom stereocenters. The van der Waals surface area contributed by atoms with Gasteiger partial charge in [-0.3, -0.25) is 0 Å². The van der Waals surface area contributed by atoms with Crippen LogP contribution in [0.5, 0.6) is 0 Å². The van der Waals surface area contributed by atoms with Crippen LogP contribution in [0.4, 0.5) is 57.5 Å². The Bertz CT molecular complexity index is 617. The van der Waals surface area contributed by atoms with E-state index in [2.05, 4.69) is 0 Å². The van der Waals surface area contributed by atoms with Crippen LogP contribution in [0.2, 0.25) is 0 Å². The minimum atomic E-state index is -2.33. The van der Waals surface area contributed by atoms with E-state index >= 15 is 0 Å². The van der Waals surface area contributed by atoms with Crippen LogP contribution in [0.3, 0.4) is 0 Å². The molecule has 0 unspecified atom stereocenters. The molecule has 0 aliphatic carbocycles. The summed E-state index contributed by atoms with van der Waals surface area (Å²) in [5.41, 5.74) is 0. The molecule has 0 bridgehead atoms. The Hall–Kier alpha value is 6.36. The van der Waals surface area contributed by atoms with Gasteiger partial charge in [-0.1, -0.05) is 0 Å². The molecule has 0 saturated heterocycles. The van der Waals surface area contributed by atoms with Crippen LogP contribution < -0.4 is 123 Å². The molecule has 0 rings (SSSR count). The topological polar surface area (TPSA) is 758 Å². The fraction of sp³-hybridized carbons (Fsp3) is 0. The number of hydrogen-bond donors (Lipinski definition) is 0. The van der Waals surface area contributed by atoms with Crippen molar-refractivity contribution in [2.45, 2.75) is 0 Å². The number of rotatable bonds is 0. The van der Waals surface area contributed by atoms with Crippen molar-refractivity contribution < 1.29 is 180 Å². The van der Waals surface area contributed by atoms with Crippen molar-refractivity contribution in [2.75, 3.05) is 0 Å². The predicted octanol–water partition coefficient (Wildman–Crippen LogP) is -33.9. The fourth-order valence-corrected chi connectivity index (χ4v) is 0. The van der Waals surface area contributed by atoms with Gasteiger partial charge in [-0.2, -0.15) is 0 Å². The molecule has 0 aromatic carbocycles. The smallest absolute Gasteiger partial charge is 0.652 e. The van der Waals surface area contributed by atoms with Crippen molar-refractivity contribution in [1.82, 2.24) is 0 Å². The molecule has 60 heavy (non-hydrogen) atoms. The normalized spacial score (nSPS) is 4.80. The van der Waals surface area contributed by atoms with Crippen LogP contribution >= 0.6 is 0 Å². The Morgan fingerprint density at radius 3 is 0.117 bits per heavy atom. The van der Waals surface area contributed by atoms with E-state index in [-0.39, 0.29) is 453 Å². The summed E-state index contributed by atoms with van der Waals surface area (Å²) in [5.74, 6) is 0. The van der Waals surface area contributed by atoms with E-state index in [1.54, 1.807) is 0 Å². The summed E-state index contributed by atoms with van der Waals surface area (Å²) < 4.78 is 0. The second kappa shape index (κ2) is 151. The Labute approximate surface area is 688 Å². The van der Waals surface area contributed by atoms with Gasteiger partial charge in [0.25, 0.3) is 0 Å². The van der Waals surface area contributed by atoms with Crippen LogP contribution in [0.15, 0.2) is 0 Å². The van der Waals surface area contributed by atoms with E-state index in [4.69, 9.17) is 180 Å². The maximum absolute atomic E-state index is 8.33. The monoisotopic (exact) mass is 1200 g/mol. The summed E-state index contributed by atoms with van der Waals surface area (Å²) in [6.45, 7) is 0. The molecule has 0 saturated carbocycles. The molecule has 0 aromatic rings. The molecule has 48 heteroatoms. The van der Waals surface area contributed by atoms with Crippen LogP contribution in [0.1, 0.15) is 0 Å². The van der Waals surface area contributed by atoms with Crippen molar-refractivity contribution in [3.63, 3.8) is 0 Å². The first kappa shape index (κ1) is 158. The Kier molecular flexibility index (Phi) is 397. The zero-order chi connectivity index (χ0) is 42.9. The molecule has 0 aliphatic heterocycles. The van der Waals surface area contributed by atoms with Gasteiger partial charge in [0.1, 0.15) is 0 Å². The molecule has 0 amide bonds. The minimum absolute atomic E-state index is 0. The van der Waals surface area contributed by atoms with Crippen molar-refractivity contribution in [3.8, 4) is 0 Å². The summed E-state index contributed by atoms with van der Waals surface area (Å²) in [6, 6.07) is 0. The van der Waals surface area contributed by atoms with E-state index < -0.39 is 73.9 Å². The molecule has 288 valence electrons. The van der Waals surface area contributed by atoms with Gasteiger partial charge in [-0.25, -0.2) is 0 Å². The summed E-state index contributed by atoms with van der Waals surface area (Å²) in [7, 11) is 0. The third-order valence-corrected chi connectivity index (χ3v) is 0. The first-order valence-corrected chi connectivity index (χ1v) is 7.35. The summed E-state index contributed by atoms with van der Waals surface area (Å²) >= 11 is 0. The quantitative estimate of drug-likeness (QED) is 0.203. The minimum Gasteiger partial charge on any atom is -0.652 e. The fourth-order valence-electron chi connectivity index (χ4n) is 0. The average molecular weight is 1200 g/mol. The molecular weight excluding hydrogens is 1200 g/mol. The predicted molar refractivity (Wildman–Crippen MR) is 134 cm³/mol. The molecule has 0 aromatic heterocycles. The third-order valence-electron chi connectivity index (χ3n) is 0. The van der Waals surface area contributed by atoms with E-state index in [9.17, 15) is 0 Å². The average Bonchev–Trinajstić information content (AvgIpc) is 2.61. The Balaban J connectivity index is -0.0000000105. The molecule has 0 radical (unpaired) electrons. The van der Waals surface area contributed by atoms with Gasteiger partial charge in [-0.05, 0) is 73.9 Å². The SMILES string of the molecule is O=C([O-])[O-].O=C([O-])[O-].O=C([O-])[O-].O=C([O-])[O-].O=C([O-])[O-].O=C([O-])[O-].O=C([O-])[O-].O=C([O-])[O-].O=C([O-])[O-].O=C([O-])[O-].O=C([O-])[O-].O=C([O-])[O-].[Ca+2].[Ca+2].[Ca+2].[Ca+2].[Ca+2].[Ca+2].[Ca+2].[Ca+2].[Ca+2].[Ca+2].[Ca+2].[Ca+2]. The van der Waals surface area contributed by atoms with Crippen molar-refractivity contribution >= 4 is 527 Å². The van der Waals surface area contributed by atoms with Gasteiger partial charge < -0.3 is 180 Å². The van der Waals surface area contributed by atoms with Gasteiger partial charge >= 0.3 is 453 Å². The first-order valence-electron chi connectivity index (χ1n) is 7.35. The number of carbonyl (C=O) groups is 12. The molecule has 0 fully saturated rings. The largest absolute Gasteiger partial charge is 2.00 e. The maximum atomic E-state index is 8.33. The second-order valence-corrected chi connectivity index (χ2v) is 3.00. The van der Waals surface area contributed by atoms with E-state index in [1.165, 1.54) is 0 Å². The van der Waals surface area contributed by atoms with Gasteiger partial charge in [0.2, 0.25) is 0 Å². The molecular formula is C12Ca12O36. The van der Waals surface area contributed by atoms with Crippen LogP contribution in [0.25, 0.3) is 0 Å². The number of carboxylic acid groups (broad SMARTS) is 24. The third kappa shape index (κ3) is 6390. The van der Waals surface area contributed by atoms with E-state index in [0.29, 0.717) is 0 Å². The molecule has 36 nitrogen and oxygen atoms in total. The maximum Gasteiger partial charge on any atom is 2.00 e. The standard InChI is InChI=1S/12CH2O3.12Ca/c12*2-1(3)4;;;;;;;;;;;;/h12*(H2,2,3,4);;;;;;;;;;;;/q;;;;;;;;;;;;12*+2/p-24. The van der Waals surface area contributed by atoms with Crippen molar-refractivity contribution in [1.29, 1.82) is 0 Å². The Morgan fingerprint density at radius 1 is 0.117 bits per heavy atom. The molecule has 0 spiro atoms. The summed E-state index contributed by atoms with van der Waals surface area (Å²) in [5, 5.41) is 200. The number of carbonyl (C=O) groups excluding carboxylic acids is 12. The molecule has 0 aliphatic rings. The van der Waals surface area contributed by atoms with Gasteiger partial charge in [0.05, 0.1) is 0 Å². The summed E-state index contributed by atoms with van der Waals surface area (Å²) in [6.07, 6.45) is -28.0. The molecule has 0 N–H and O–H groups in total. The van der Waals surface area contributed by atoms with Crippen LogP contribution in [0, 0.1) is 0 Å². The zero-order valence-corrected chi connectivity index (χ0v) is 55.7. The van der Waals surface area contributed by atoms with Crippen molar-refractivity contribution in [3.05, 3.63) is 0 Å². The van der Waals surface area contributed by atoms with E-state index in [1.807, 2.05) is 0 Å². The van der Waals surface area contributed by atoms with Gasteiger partial charge in [0, 0.05) is 0 Å². The summed E-state index contributed by atoms with van der Waals surface area (Å²) in [4.78, 5) is 100. The van der Waals surface area contributed by atoms with E-state index in [0.717, 1.165) is 0 Å². The van der Waals surface area contributed by atoms with Crippen molar-refractivity contribution in [2.24, 2.45) is 0 Å². The van der Waals surface area contributed by atoms with Crippen LogP contribution in [-0.4, -0.2) is 527 Å². The molecule has 0 heterocycles. The first-order chi connectivity index (χ1) is 20.8. The van der Waals surface area contributed by atoms with Gasteiger partial charge in [0.15, 0.2) is 0 Å². The van der Waals surface area contributed by atoms with Crippen LogP contribution in [-0.2, 0) is 0 Å². The zero-order valence-electron chi connectivity index (χ0n) is 29.2. The number of hydrogen-bond acceptors (Lipinski definition) is 36. The van der Waals surface area contributed by atoms with Gasteiger partial charge in [-0.15, -0.1) is 0 Å². The second-order valence-electron chi connectivity index (χ2n) is 3.00.